The van der Waals surface area contributed by atoms with E-state index < -0.39 is 32.0 Å². The Kier molecular flexibility index (Phi) is 7.15. The van der Waals surface area contributed by atoms with Gasteiger partial charge in [0.2, 0.25) is 26.0 Å². The summed E-state index contributed by atoms with van der Waals surface area (Å²) in [6.45, 7) is 4.02. The van der Waals surface area contributed by atoms with Crippen LogP contribution in [0.1, 0.15) is 13.8 Å². The summed E-state index contributed by atoms with van der Waals surface area (Å²) >= 11 is 0. The highest BCUT2D eigenvalue weighted by Gasteiger charge is 2.44. The smallest absolute Gasteiger partial charge is 0.243 e. The Labute approximate surface area is 184 Å². The molecule has 2 aromatic rings. The van der Waals surface area contributed by atoms with Gasteiger partial charge in [-0.15, -0.1) is 0 Å². The molecule has 10 heteroatoms. The fourth-order valence-electron chi connectivity index (χ4n) is 3.66. The second-order valence-electron chi connectivity index (χ2n) is 7.13. The summed E-state index contributed by atoms with van der Waals surface area (Å²) in [4.78, 5) is 15.0. The van der Waals surface area contributed by atoms with Gasteiger partial charge in [0.1, 0.15) is 6.04 Å². The zero-order chi connectivity index (χ0) is 22.6. The summed E-state index contributed by atoms with van der Waals surface area (Å²) in [7, 11) is -7.84. The highest BCUT2D eigenvalue weighted by Crippen LogP contribution is 2.26. The Morgan fingerprint density at radius 3 is 1.81 bits per heavy atom. The number of sulfonamides is 2. The number of carbonyl (C=O) groups excluding carboxylic acids is 1. The normalized spacial score (nSPS) is 18.6. The van der Waals surface area contributed by atoms with E-state index in [2.05, 4.69) is 0 Å². The van der Waals surface area contributed by atoms with Crippen molar-refractivity contribution >= 4 is 26.0 Å². The van der Waals surface area contributed by atoms with Crippen LogP contribution >= 0.6 is 0 Å². The Hall–Kier alpha value is -2.27. The van der Waals surface area contributed by atoms with Crippen LogP contribution in [0.4, 0.5) is 0 Å². The van der Waals surface area contributed by atoms with Crippen LogP contribution in [0.2, 0.25) is 0 Å². The maximum atomic E-state index is 13.3. The lowest BCUT2D eigenvalue weighted by atomic mass is 10.2. The third-order valence-corrected chi connectivity index (χ3v) is 9.19. The number of amides is 1. The number of hydrogen-bond donors (Lipinski definition) is 0. The predicted octanol–water partition coefficient (Wildman–Crippen LogP) is 1.62. The molecular weight excluding hydrogens is 438 g/mol. The van der Waals surface area contributed by atoms with Gasteiger partial charge in [0.15, 0.2) is 0 Å². The lowest BCUT2D eigenvalue weighted by Crippen LogP contribution is -2.61. The fourth-order valence-corrected chi connectivity index (χ4v) is 6.71. The van der Waals surface area contributed by atoms with E-state index in [0.717, 1.165) is 4.31 Å². The van der Waals surface area contributed by atoms with Crippen molar-refractivity contribution in [1.29, 1.82) is 0 Å². The molecule has 1 atom stereocenters. The van der Waals surface area contributed by atoms with Crippen LogP contribution in [0.3, 0.4) is 0 Å². The van der Waals surface area contributed by atoms with E-state index in [1.807, 2.05) is 0 Å². The monoisotopic (exact) mass is 465 g/mol. The largest absolute Gasteiger partial charge is 0.342 e. The molecule has 3 rings (SSSR count). The first-order valence-electron chi connectivity index (χ1n) is 10.1. The molecule has 0 aromatic heterocycles. The number of likely N-dealkylation sites (N-methyl/N-ethyl adjacent to an activating group) is 1. The summed E-state index contributed by atoms with van der Waals surface area (Å²) in [5.41, 5.74) is 0. The van der Waals surface area contributed by atoms with Gasteiger partial charge in [0.05, 0.1) is 9.79 Å². The van der Waals surface area contributed by atoms with Crippen molar-refractivity contribution in [1.82, 2.24) is 13.5 Å². The van der Waals surface area contributed by atoms with Crippen LogP contribution in [-0.4, -0.2) is 75.0 Å². The van der Waals surface area contributed by atoms with Crippen LogP contribution in [0, 0.1) is 0 Å². The lowest BCUT2D eigenvalue weighted by Gasteiger charge is -2.40. The minimum atomic E-state index is -3.98. The molecule has 0 radical (unpaired) electrons. The van der Waals surface area contributed by atoms with Crippen molar-refractivity contribution in [2.24, 2.45) is 0 Å². The summed E-state index contributed by atoms with van der Waals surface area (Å²) in [6.07, 6.45) is 0. The van der Waals surface area contributed by atoms with Gasteiger partial charge < -0.3 is 4.90 Å². The third kappa shape index (κ3) is 4.67. The zero-order valence-electron chi connectivity index (χ0n) is 17.6. The highest BCUT2D eigenvalue weighted by atomic mass is 32.2. The van der Waals surface area contributed by atoms with E-state index in [-0.39, 0.29) is 29.4 Å². The summed E-state index contributed by atoms with van der Waals surface area (Å²) < 4.78 is 55.2. The summed E-state index contributed by atoms with van der Waals surface area (Å²) in [6, 6.07) is 14.7. The molecule has 1 saturated heterocycles. The molecule has 0 unspecified atom stereocenters. The second-order valence-corrected chi connectivity index (χ2v) is 11.0. The van der Waals surface area contributed by atoms with E-state index in [1.54, 1.807) is 50.2 Å². The molecule has 0 N–H and O–H groups in total. The van der Waals surface area contributed by atoms with Gasteiger partial charge >= 0.3 is 0 Å². The standard InChI is InChI=1S/C21H27N3O5S2/c1-3-22(4-2)21(25)20-17-23(30(26,27)18-11-7-5-8-12-18)15-16-24(20)31(28,29)19-13-9-6-10-14-19/h5-14,20H,3-4,15-17H2,1-2H3/t20-/m0/s1. The van der Waals surface area contributed by atoms with Gasteiger partial charge in [0.25, 0.3) is 0 Å². The first kappa shape index (κ1) is 23.4. The molecule has 31 heavy (non-hydrogen) atoms. The number of benzene rings is 2. The molecule has 0 bridgehead atoms. The molecule has 8 nitrogen and oxygen atoms in total. The average Bonchev–Trinajstić information content (AvgIpc) is 2.80. The maximum Gasteiger partial charge on any atom is 0.243 e. The minimum Gasteiger partial charge on any atom is -0.342 e. The third-order valence-electron chi connectivity index (χ3n) is 5.38. The summed E-state index contributed by atoms with van der Waals surface area (Å²) in [5.74, 6) is -0.405. The van der Waals surface area contributed by atoms with Gasteiger partial charge in [-0.3, -0.25) is 4.79 Å². The fraction of sp³-hybridized carbons (Fsp3) is 0.381. The zero-order valence-corrected chi connectivity index (χ0v) is 19.2. The summed E-state index contributed by atoms with van der Waals surface area (Å²) in [5, 5.41) is 0. The van der Waals surface area contributed by atoms with Crippen molar-refractivity contribution in [3.63, 3.8) is 0 Å². The van der Waals surface area contributed by atoms with Crippen molar-refractivity contribution in [2.45, 2.75) is 29.7 Å². The van der Waals surface area contributed by atoms with E-state index in [1.165, 1.54) is 33.5 Å². The van der Waals surface area contributed by atoms with E-state index in [9.17, 15) is 21.6 Å². The Morgan fingerprint density at radius 2 is 1.32 bits per heavy atom. The van der Waals surface area contributed by atoms with Crippen LogP contribution in [0.5, 0.6) is 0 Å². The van der Waals surface area contributed by atoms with Crippen molar-refractivity contribution < 1.29 is 21.6 Å². The van der Waals surface area contributed by atoms with Gasteiger partial charge in [0, 0.05) is 32.7 Å². The number of nitrogens with zero attached hydrogens (tertiary/aromatic N) is 3. The molecule has 1 amide bonds. The Bertz CT molecular complexity index is 1100. The molecule has 2 aromatic carbocycles. The molecule has 0 saturated carbocycles. The number of hydrogen-bond acceptors (Lipinski definition) is 5. The SMILES string of the molecule is CCN(CC)C(=O)[C@@H]1CN(S(=O)(=O)c2ccccc2)CCN1S(=O)(=O)c1ccccc1. The van der Waals surface area contributed by atoms with Gasteiger partial charge in [-0.2, -0.15) is 8.61 Å². The topological polar surface area (TPSA) is 95.1 Å². The van der Waals surface area contributed by atoms with Crippen LogP contribution in [0.15, 0.2) is 70.5 Å². The lowest BCUT2D eigenvalue weighted by molar-refractivity contribution is -0.136. The molecule has 1 aliphatic heterocycles. The first-order valence-corrected chi connectivity index (χ1v) is 13.0. The van der Waals surface area contributed by atoms with E-state index in [0.29, 0.717) is 13.1 Å². The molecule has 1 aliphatic rings. The van der Waals surface area contributed by atoms with Crippen LogP contribution < -0.4 is 0 Å². The van der Waals surface area contributed by atoms with E-state index >= 15 is 0 Å². The van der Waals surface area contributed by atoms with Crippen molar-refractivity contribution in [3.8, 4) is 0 Å². The second kappa shape index (κ2) is 9.47. The maximum absolute atomic E-state index is 13.3. The highest BCUT2D eigenvalue weighted by molar-refractivity contribution is 7.89. The van der Waals surface area contributed by atoms with E-state index in [4.69, 9.17) is 0 Å². The Balaban J connectivity index is 2.00. The number of rotatable bonds is 7. The van der Waals surface area contributed by atoms with Crippen molar-refractivity contribution in [2.75, 3.05) is 32.7 Å². The average molecular weight is 466 g/mol. The molecular formula is C21H27N3O5S2. The van der Waals surface area contributed by atoms with Gasteiger partial charge in [-0.1, -0.05) is 36.4 Å². The predicted molar refractivity (Wildman–Crippen MR) is 117 cm³/mol. The number of piperazine rings is 1. The first-order chi connectivity index (χ1) is 14.7. The quantitative estimate of drug-likeness (QED) is 0.619. The van der Waals surface area contributed by atoms with Crippen LogP contribution in [0.25, 0.3) is 0 Å². The Morgan fingerprint density at radius 1 is 0.839 bits per heavy atom. The number of carbonyl (C=O) groups is 1. The molecule has 0 spiro atoms. The van der Waals surface area contributed by atoms with Crippen molar-refractivity contribution in [3.05, 3.63) is 60.7 Å². The molecule has 168 valence electrons. The minimum absolute atomic E-state index is 0.0364. The van der Waals surface area contributed by atoms with Gasteiger partial charge in [-0.25, -0.2) is 16.8 Å². The molecule has 0 aliphatic carbocycles. The molecule has 1 fully saturated rings. The molecule has 1 heterocycles. The van der Waals surface area contributed by atoms with Gasteiger partial charge in [-0.05, 0) is 38.1 Å². The van der Waals surface area contributed by atoms with Crippen LogP contribution in [-0.2, 0) is 24.8 Å².